The number of halogens is 1. The van der Waals surface area contributed by atoms with Gasteiger partial charge in [0.25, 0.3) is 0 Å². The molecule has 0 aliphatic rings. The van der Waals surface area contributed by atoms with Gasteiger partial charge in [-0.1, -0.05) is 0 Å². The summed E-state index contributed by atoms with van der Waals surface area (Å²) >= 11 is 0. The van der Waals surface area contributed by atoms with Gasteiger partial charge in [0.05, 0.1) is 13.7 Å². The summed E-state index contributed by atoms with van der Waals surface area (Å²) in [5, 5.41) is 9.31. The molecule has 0 amide bonds. The highest BCUT2D eigenvalue weighted by Crippen LogP contribution is 2.12. The Morgan fingerprint density at radius 1 is 1.33 bits per heavy atom. The lowest BCUT2D eigenvalue weighted by Crippen LogP contribution is -2.21. The van der Waals surface area contributed by atoms with Gasteiger partial charge in [-0.25, -0.2) is 9.18 Å². The van der Waals surface area contributed by atoms with Gasteiger partial charge in [0.2, 0.25) is 0 Å². The van der Waals surface area contributed by atoms with Crippen molar-refractivity contribution in [2.45, 2.75) is 25.4 Å². The van der Waals surface area contributed by atoms with E-state index in [0.29, 0.717) is 31.6 Å². The minimum absolute atomic E-state index is 0.302. The Morgan fingerprint density at radius 2 is 2.00 bits per heavy atom. The molecule has 1 rings (SSSR count). The topological polar surface area (TPSA) is 55.8 Å². The normalized spacial score (nSPS) is 11.9. The molecule has 5 heteroatoms. The quantitative estimate of drug-likeness (QED) is 0.598. The van der Waals surface area contributed by atoms with Gasteiger partial charge in [-0.15, -0.1) is 0 Å². The predicted octanol–water partition coefficient (Wildman–Crippen LogP) is 1.91. The van der Waals surface area contributed by atoms with Crippen LogP contribution in [0.15, 0.2) is 24.3 Å². The average molecular weight is 256 g/mol. The first-order chi connectivity index (χ1) is 8.63. The number of hydrogen-bond acceptors (Lipinski definition) is 4. The number of hydrogen-bond donors (Lipinski definition) is 1. The largest absolute Gasteiger partial charge is 0.494 e. The molecule has 0 aliphatic heterocycles. The van der Waals surface area contributed by atoms with E-state index in [4.69, 9.17) is 4.74 Å². The van der Waals surface area contributed by atoms with Crippen molar-refractivity contribution in [2.75, 3.05) is 13.7 Å². The summed E-state index contributed by atoms with van der Waals surface area (Å²) in [6, 6.07) is 5.77. The third-order valence-electron chi connectivity index (χ3n) is 2.43. The lowest BCUT2D eigenvalue weighted by Gasteiger charge is -2.08. The van der Waals surface area contributed by atoms with Crippen LogP contribution in [0, 0.1) is 5.82 Å². The summed E-state index contributed by atoms with van der Waals surface area (Å²) < 4.78 is 22.4. The van der Waals surface area contributed by atoms with E-state index in [2.05, 4.69) is 4.74 Å². The maximum Gasteiger partial charge on any atom is 0.334 e. The number of carbonyl (C=O) groups is 1. The maximum atomic E-state index is 12.6. The van der Waals surface area contributed by atoms with Crippen LogP contribution in [0.5, 0.6) is 5.75 Å². The number of carbonyl (C=O) groups excluding carboxylic acids is 1. The van der Waals surface area contributed by atoms with Crippen molar-refractivity contribution < 1.29 is 23.8 Å². The van der Waals surface area contributed by atoms with Crippen LogP contribution in [0.25, 0.3) is 0 Å². The molecule has 1 aromatic rings. The van der Waals surface area contributed by atoms with Crippen LogP contribution in [-0.4, -0.2) is 30.9 Å². The number of methoxy groups -OCH3 is 1. The van der Waals surface area contributed by atoms with Gasteiger partial charge in [-0.05, 0) is 43.5 Å². The van der Waals surface area contributed by atoms with Gasteiger partial charge in [0.15, 0.2) is 6.10 Å². The van der Waals surface area contributed by atoms with E-state index < -0.39 is 12.1 Å². The van der Waals surface area contributed by atoms with E-state index in [0.717, 1.165) is 0 Å². The second kappa shape index (κ2) is 7.66. The molecule has 0 heterocycles. The first-order valence-electron chi connectivity index (χ1n) is 5.77. The molecule has 18 heavy (non-hydrogen) atoms. The molecule has 0 aromatic heterocycles. The lowest BCUT2D eigenvalue weighted by atomic mass is 10.1. The van der Waals surface area contributed by atoms with Gasteiger partial charge in [0, 0.05) is 0 Å². The van der Waals surface area contributed by atoms with E-state index in [9.17, 15) is 14.3 Å². The number of benzene rings is 1. The van der Waals surface area contributed by atoms with Crippen molar-refractivity contribution in [1.82, 2.24) is 0 Å². The van der Waals surface area contributed by atoms with Crippen molar-refractivity contribution >= 4 is 5.97 Å². The Hall–Kier alpha value is -1.62. The summed E-state index contributed by atoms with van der Waals surface area (Å²) in [6.07, 6.45) is 0.628. The van der Waals surface area contributed by atoms with Crippen LogP contribution in [0.3, 0.4) is 0 Å². The molecule has 100 valence electrons. The minimum atomic E-state index is -1.07. The zero-order chi connectivity index (χ0) is 13.4. The molecule has 0 spiro atoms. The first kappa shape index (κ1) is 14.4. The number of esters is 1. The second-order valence-corrected chi connectivity index (χ2v) is 3.84. The molecule has 0 saturated heterocycles. The Kier molecular flexibility index (Phi) is 6.14. The Balaban J connectivity index is 2.12. The SMILES string of the molecule is COC(=O)[C@@H](O)CCCCOc1ccc(F)cc1. The fourth-order valence-corrected chi connectivity index (χ4v) is 1.41. The highest BCUT2D eigenvalue weighted by Gasteiger charge is 2.13. The standard InChI is InChI=1S/C13H17FO4/c1-17-13(16)12(15)4-2-3-9-18-11-7-5-10(14)6-8-11/h5-8,12,15H,2-4,9H2,1H3/t12-/m0/s1. The van der Waals surface area contributed by atoms with Crippen molar-refractivity contribution in [3.8, 4) is 5.75 Å². The fraction of sp³-hybridized carbons (Fsp3) is 0.462. The molecule has 1 N–H and O–H groups in total. The van der Waals surface area contributed by atoms with Gasteiger partial charge in [-0.3, -0.25) is 0 Å². The fourth-order valence-electron chi connectivity index (χ4n) is 1.41. The maximum absolute atomic E-state index is 12.6. The molecule has 0 unspecified atom stereocenters. The molecule has 0 bridgehead atoms. The summed E-state index contributed by atoms with van der Waals surface area (Å²) in [4.78, 5) is 10.9. The highest BCUT2D eigenvalue weighted by atomic mass is 19.1. The Labute approximate surface area is 105 Å². The molecule has 1 atom stereocenters. The zero-order valence-corrected chi connectivity index (χ0v) is 10.3. The average Bonchev–Trinajstić information content (AvgIpc) is 2.39. The van der Waals surface area contributed by atoms with E-state index in [1.54, 1.807) is 12.1 Å². The van der Waals surface area contributed by atoms with Crippen molar-refractivity contribution in [1.29, 1.82) is 0 Å². The number of aliphatic hydroxyl groups excluding tert-OH is 1. The third-order valence-corrected chi connectivity index (χ3v) is 2.43. The summed E-state index contributed by atoms with van der Waals surface area (Å²) in [7, 11) is 1.24. The molecule has 0 saturated carbocycles. The second-order valence-electron chi connectivity index (χ2n) is 3.84. The lowest BCUT2D eigenvalue weighted by molar-refractivity contribution is -0.150. The molecular weight excluding hydrogens is 239 g/mol. The zero-order valence-electron chi connectivity index (χ0n) is 10.3. The Morgan fingerprint density at radius 3 is 2.61 bits per heavy atom. The van der Waals surface area contributed by atoms with Crippen molar-refractivity contribution in [3.63, 3.8) is 0 Å². The molecule has 1 aromatic carbocycles. The highest BCUT2D eigenvalue weighted by molar-refractivity contribution is 5.74. The van der Waals surface area contributed by atoms with Gasteiger partial charge < -0.3 is 14.6 Å². The number of aliphatic hydroxyl groups is 1. The van der Waals surface area contributed by atoms with Crippen LogP contribution in [0.4, 0.5) is 4.39 Å². The van der Waals surface area contributed by atoms with Crippen LogP contribution in [0.1, 0.15) is 19.3 Å². The monoisotopic (exact) mass is 256 g/mol. The van der Waals surface area contributed by atoms with Gasteiger partial charge in [-0.2, -0.15) is 0 Å². The Bertz CT molecular complexity index is 364. The molecule has 0 aliphatic carbocycles. The van der Waals surface area contributed by atoms with E-state index in [1.165, 1.54) is 19.2 Å². The molecular formula is C13H17FO4. The minimum Gasteiger partial charge on any atom is -0.494 e. The van der Waals surface area contributed by atoms with Crippen LogP contribution in [-0.2, 0) is 9.53 Å². The van der Waals surface area contributed by atoms with Crippen LogP contribution in [0.2, 0.25) is 0 Å². The predicted molar refractivity (Wildman–Crippen MR) is 63.8 cm³/mol. The van der Waals surface area contributed by atoms with E-state index >= 15 is 0 Å². The van der Waals surface area contributed by atoms with Crippen molar-refractivity contribution in [2.24, 2.45) is 0 Å². The van der Waals surface area contributed by atoms with Gasteiger partial charge >= 0.3 is 5.97 Å². The number of ether oxygens (including phenoxy) is 2. The molecule has 0 radical (unpaired) electrons. The first-order valence-corrected chi connectivity index (χ1v) is 5.77. The van der Waals surface area contributed by atoms with E-state index in [1.807, 2.05) is 0 Å². The van der Waals surface area contributed by atoms with Crippen molar-refractivity contribution in [3.05, 3.63) is 30.1 Å². The molecule has 0 fully saturated rings. The number of rotatable bonds is 7. The summed E-state index contributed by atoms with van der Waals surface area (Å²) in [5.74, 6) is -0.317. The van der Waals surface area contributed by atoms with Crippen LogP contribution < -0.4 is 4.74 Å². The summed E-state index contributed by atoms with van der Waals surface area (Å²) in [5.41, 5.74) is 0. The summed E-state index contributed by atoms with van der Waals surface area (Å²) in [6.45, 7) is 0.458. The van der Waals surface area contributed by atoms with Crippen LogP contribution >= 0.6 is 0 Å². The third kappa shape index (κ3) is 5.14. The number of unbranched alkanes of at least 4 members (excludes halogenated alkanes) is 1. The smallest absolute Gasteiger partial charge is 0.334 e. The van der Waals surface area contributed by atoms with E-state index in [-0.39, 0.29) is 5.82 Å². The van der Waals surface area contributed by atoms with Gasteiger partial charge in [0.1, 0.15) is 11.6 Å². The molecule has 4 nitrogen and oxygen atoms in total.